The quantitative estimate of drug-likeness (QED) is 0.134. The van der Waals surface area contributed by atoms with E-state index in [1.807, 2.05) is 0 Å². The number of rotatable bonds is 12. The van der Waals surface area contributed by atoms with Crippen LogP contribution in [0.4, 0.5) is 18.9 Å². The molecule has 0 fully saturated rings. The van der Waals surface area contributed by atoms with Crippen molar-refractivity contribution in [3.8, 4) is 11.4 Å². The summed E-state index contributed by atoms with van der Waals surface area (Å²) in [6, 6.07) is 18.3. The molecule has 4 rings (SSSR count). The number of para-hydroxylation sites is 1. The molecule has 0 saturated carbocycles. The Hall–Kier alpha value is -4.03. The molecule has 0 radical (unpaired) electrons. The molecule has 13 heteroatoms. The SMILES string of the molecule is CCCCOc1ccc(C(=O)NCc2nnc(SCC(=O)Nc3ccccc3C(F)(F)F)n2-c2cccc(Cl)c2)cc1. The van der Waals surface area contributed by atoms with Gasteiger partial charge in [0, 0.05) is 10.6 Å². The number of carbonyl (C=O) groups excluding carboxylic acids is 2. The van der Waals surface area contributed by atoms with Crippen molar-refractivity contribution in [2.45, 2.75) is 37.6 Å². The van der Waals surface area contributed by atoms with Crippen LogP contribution in [-0.4, -0.2) is 38.9 Å². The first kappa shape index (κ1) is 30.9. The number of nitrogens with one attached hydrogen (secondary N) is 2. The largest absolute Gasteiger partial charge is 0.494 e. The number of nitrogens with zero attached hydrogens (tertiary/aromatic N) is 3. The first-order valence-corrected chi connectivity index (χ1v) is 14.3. The van der Waals surface area contributed by atoms with E-state index >= 15 is 0 Å². The summed E-state index contributed by atoms with van der Waals surface area (Å²) in [6.07, 6.45) is -2.66. The van der Waals surface area contributed by atoms with Crippen molar-refractivity contribution in [3.05, 3.63) is 94.8 Å². The second-order valence-electron chi connectivity index (χ2n) is 9.00. The predicted molar refractivity (Wildman–Crippen MR) is 155 cm³/mol. The lowest BCUT2D eigenvalue weighted by molar-refractivity contribution is -0.137. The number of ether oxygens (including phenoxy) is 1. The number of unbranched alkanes of at least 4 members (excludes halogenated alkanes) is 1. The molecule has 0 unspecified atom stereocenters. The normalized spacial score (nSPS) is 11.3. The lowest BCUT2D eigenvalue weighted by Gasteiger charge is -2.14. The standard InChI is InChI=1S/C29H27ClF3N5O3S/c1-2-3-15-41-22-13-11-19(12-14-22)27(40)34-17-25-36-37-28(38(25)21-8-6-7-20(30)16-21)42-18-26(39)35-24-10-5-4-9-23(24)29(31,32)33/h4-14,16H,2-3,15,17-18H2,1H3,(H,34,40)(H,35,39). The highest BCUT2D eigenvalue weighted by atomic mass is 35.5. The maximum Gasteiger partial charge on any atom is 0.418 e. The summed E-state index contributed by atoms with van der Waals surface area (Å²) >= 11 is 7.18. The van der Waals surface area contributed by atoms with Crippen molar-refractivity contribution in [1.29, 1.82) is 0 Å². The van der Waals surface area contributed by atoms with E-state index in [2.05, 4.69) is 27.8 Å². The zero-order valence-corrected chi connectivity index (χ0v) is 24.0. The molecular formula is C29H27ClF3N5O3S. The number of thioether (sulfide) groups is 1. The molecule has 3 aromatic carbocycles. The van der Waals surface area contributed by atoms with Crippen molar-refractivity contribution in [3.63, 3.8) is 0 Å². The van der Waals surface area contributed by atoms with Crippen molar-refractivity contribution < 1.29 is 27.5 Å². The molecule has 8 nitrogen and oxygen atoms in total. The first-order valence-electron chi connectivity index (χ1n) is 13.0. The zero-order chi connectivity index (χ0) is 30.1. The van der Waals surface area contributed by atoms with E-state index in [0.29, 0.717) is 34.5 Å². The number of carbonyl (C=O) groups is 2. The van der Waals surface area contributed by atoms with Crippen LogP contribution in [-0.2, 0) is 17.5 Å². The molecule has 1 heterocycles. The summed E-state index contributed by atoms with van der Waals surface area (Å²) in [7, 11) is 0. The van der Waals surface area contributed by atoms with Gasteiger partial charge < -0.3 is 15.4 Å². The van der Waals surface area contributed by atoms with E-state index in [9.17, 15) is 22.8 Å². The molecule has 1 aromatic heterocycles. The Balaban J connectivity index is 1.46. The van der Waals surface area contributed by atoms with Gasteiger partial charge in [0.25, 0.3) is 5.91 Å². The maximum absolute atomic E-state index is 13.3. The second kappa shape index (κ2) is 14.2. The molecular weight excluding hydrogens is 591 g/mol. The fourth-order valence-corrected chi connectivity index (χ4v) is 4.79. The van der Waals surface area contributed by atoms with Crippen LogP contribution in [0.15, 0.2) is 78.0 Å². The average molecular weight is 618 g/mol. The van der Waals surface area contributed by atoms with Crippen molar-refractivity contribution in [2.24, 2.45) is 0 Å². The molecule has 220 valence electrons. The Bertz CT molecular complexity index is 1530. The van der Waals surface area contributed by atoms with Crippen LogP contribution in [0.25, 0.3) is 5.69 Å². The van der Waals surface area contributed by atoms with Crippen LogP contribution in [0.1, 0.15) is 41.5 Å². The Morgan fingerprint density at radius 1 is 1.02 bits per heavy atom. The zero-order valence-electron chi connectivity index (χ0n) is 22.5. The van der Waals surface area contributed by atoms with Crippen LogP contribution < -0.4 is 15.4 Å². The van der Waals surface area contributed by atoms with Gasteiger partial charge in [0.15, 0.2) is 11.0 Å². The average Bonchev–Trinajstić information content (AvgIpc) is 3.38. The van der Waals surface area contributed by atoms with Gasteiger partial charge in [-0.3, -0.25) is 14.2 Å². The summed E-state index contributed by atoms with van der Waals surface area (Å²) in [5, 5.41) is 14.2. The van der Waals surface area contributed by atoms with E-state index < -0.39 is 17.6 Å². The summed E-state index contributed by atoms with van der Waals surface area (Å²) in [5.74, 6) is -0.213. The molecule has 0 aliphatic rings. The van der Waals surface area contributed by atoms with Crippen molar-refractivity contribution in [1.82, 2.24) is 20.1 Å². The molecule has 0 spiro atoms. The fraction of sp³-hybridized carbons (Fsp3) is 0.241. The Kier molecular flexibility index (Phi) is 10.5. The molecule has 0 aliphatic carbocycles. The fourth-order valence-electron chi connectivity index (χ4n) is 3.84. The monoisotopic (exact) mass is 617 g/mol. The second-order valence-corrected chi connectivity index (χ2v) is 10.4. The molecule has 4 aromatic rings. The minimum atomic E-state index is -4.62. The molecule has 42 heavy (non-hydrogen) atoms. The van der Waals surface area contributed by atoms with Gasteiger partial charge in [0.2, 0.25) is 5.91 Å². The van der Waals surface area contributed by atoms with Crippen molar-refractivity contribution in [2.75, 3.05) is 17.7 Å². The highest BCUT2D eigenvalue weighted by Gasteiger charge is 2.33. The number of hydrogen-bond acceptors (Lipinski definition) is 6. The van der Waals surface area contributed by atoms with Gasteiger partial charge in [-0.1, -0.05) is 54.9 Å². The number of aromatic nitrogens is 3. The van der Waals surface area contributed by atoms with Gasteiger partial charge >= 0.3 is 6.18 Å². The van der Waals surface area contributed by atoms with E-state index in [1.54, 1.807) is 53.1 Å². The maximum atomic E-state index is 13.3. The summed E-state index contributed by atoms with van der Waals surface area (Å²) < 4.78 is 47.2. The van der Waals surface area contributed by atoms with Gasteiger partial charge in [-0.15, -0.1) is 10.2 Å². The van der Waals surface area contributed by atoms with E-state index in [-0.39, 0.29) is 29.0 Å². The third kappa shape index (κ3) is 8.26. The first-order chi connectivity index (χ1) is 20.2. The summed E-state index contributed by atoms with van der Waals surface area (Å²) in [6.45, 7) is 2.67. The summed E-state index contributed by atoms with van der Waals surface area (Å²) in [5.41, 5.74) is -0.272. The molecule has 0 bridgehead atoms. The third-order valence-electron chi connectivity index (χ3n) is 5.90. The van der Waals surface area contributed by atoms with Crippen LogP contribution in [0, 0.1) is 0 Å². The van der Waals surface area contributed by atoms with Gasteiger partial charge in [-0.25, -0.2) is 0 Å². The molecule has 0 aliphatic heterocycles. The van der Waals surface area contributed by atoms with E-state index in [0.717, 1.165) is 30.7 Å². The number of amides is 2. The van der Waals surface area contributed by atoms with Crippen LogP contribution in [0.5, 0.6) is 5.75 Å². The highest BCUT2D eigenvalue weighted by molar-refractivity contribution is 7.99. The lowest BCUT2D eigenvalue weighted by atomic mass is 10.1. The van der Waals surface area contributed by atoms with Gasteiger partial charge in [-0.05, 0) is 61.0 Å². The van der Waals surface area contributed by atoms with Gasteiger partial charge in [0.05, 0.1) is 35.8 Å². The lowest BCUT2D eigenvalue weighted by Crippen LogP contribution is -2.24. The smallest absolute Gasteiger partial charge is 0.418 e. The number of alkyl halides is 3. The van der Waals surface area contributed by atoms with Crippen LogP contribution in [0.3, 0.4) is 0 Å². The molecule has 2 N–H and O–H groups in total. The minimum absolute atomic E-state index is 0.00118. The third-order valence-corrected chi connectivity index (χ3v) is 7.06. The molecule has 0 saturated heterocycles. The molecule has 0 atom stereocenters. The van der Waals surface area contributed by atoms with E-state index in [1.165, 1.54) is 18.2 Å². The van der Waals surface area contributed by atoms with E-state index in [4.69, 9.17) is 16.3 Å². The predicted octanol–water partition coefficient (Wildman–Crippen LogP) is 6.78. The van der Waals surface area contributed by atoms with Crippen LogP contribution >= 0.6 is 23.4 Å². The Labute approximate surface area is 249 Å². The van der Waals surface area contributed by atoms with Crippen LogP contribution in [0.2, 0.25) is 5.02 Å². The number of benzene rings is 3. The number of anilines is 1. The number of halogens is 4. The highest BCUT2D eigenvalue weighted by Crippen LogP contribution is 2.34. The minimum Gasteiger partial charge on any atom is -0.494 e. The topological polar surface area (TPSA) is 98.1 Å². The Morgan fingerprint density at radius 3 is 2.50 bits per heavy atom. The van der Waals surface area contributed by atoms with Crippen molar-refractivity contribution >= 4 is 40.9 Å². The van der Waals surface area contributed by atoms with Gasteiger partial charge in [-0.2, -0.15) is 13.2 Å². The number of hydrogen-bond donors (Lipinski definition) is 2. The Morgan fingerprint density at radius 2 is 1.79 bits per heavy atom. The summed E-state index contributed by atoms with van der Waals surface area (Å²) in [4.78, 5) is 25.4. The van der Waals surface area contributed by atoms with Gasteiger partial charge in [0.1, 0.15) is 5.75 Å². The molecule has 2 amide bonds.